The van der Waals surface area contributed by atoms with Gasteiger partial charge in [-0.05, 0) is 38.1 Å². The molecule has 3 nitrogen and oxygen atoms in total. The predicted octanol–water partition coefficient (Wildman–Crippen LogP) is 2.39. The molecule has 96 valence electrons. The van der Waals surface area contributed by atoms with Crippen LogP contribution in [0.25, 0.3) is 10.9 Å². The maximum Gasteiger partial charge on any atom is 0.189 e. The lowest BCUT2D eigenvalue weighted by molar-refractivity contribution is 0.586. The first-order valence-electron chi connectivity index (χ1n) is 6.62. The van der Waals surface area contributed by atoms with E-state index < -0.39 is 0 Å². The van der Waals surface area contributed by atoms with Gasteiger partial charge in [-0.3, -0.25) is 4.79 Å². The van der Waals surface area contributed by atoms with Crippen LogP contribution in [-0.4, -0.2) is 17.7 Å². The van der Waals surface area contributed by atoms with E-state index in [1.807, 2.05) is 30.5 Å². The molecule has 0 fully saturated rings. The van der Waals surface area contributed by atoms with Gasteiger partial charge in [0.05, 0.1) is 5.52 Å². The largest absolute Gasteiger partial charge is 0.347 e. The maximum atomic E-state index is 11.7. The third kappa shape index (κ3) is 2.99. The molecule has 3 heteroatoms. The van der Waals surface area contributed by atoms with Gasteiger partial charge >= 0.3 is 0 Å². The van der Waals surface area contributed by atoms with Crippen LogP contribution in [0.15, 0.2) is 41.3 Å². The Kier molecular flexibility index (Phi) is 4.53. The van der Waals surface area contributed by atoms with Crippen LogP contribution in [0, 0.1) is 0 Å². The molecule has 0 aliphatic heterocycles. The van der Waals surface area contributed by atoms with Crippen molar-refractivity contribution in [2.45, 2.75) is 26.3 Å². The van der Waals surface area contributed by atoms with Crippen LogP contribution in [0.1, 0.15) is 19.8 Å². The minimum atomic E-state index is 0.103. The highest BCUT2D eigenvalue weighted by molar-refractivity contribution is 5.78. The first-order chi connectivity index (χ1) is 8.83. The molecule has 18 heavy (non-hydrogen) atoms. The maximum absolute atomic E-state index is 11.7. The van der Waals surface area contributed by atoms with E-state index in [1.165, 1.54) is 6.42 Å². The van der Waals surface area contributed by atoms with Crippen LogP contribution >= 0.6 is 0 Å². The minimum Gasteiger partial charge on any atom is -0.347 e. The standard InChI is InChI=1S/C15H20N2O/c1-2-9-16-10-5-11-17-12-8-15(18)13-6-3-4-7-14(13)17/h3-4,6-8,12,16H,2,5,9-11H2,1H3. The van der Waals surface area contributed by atoms with E-state index in [1.54, 1.807) is 6.07 Å². The minimum absolute atomic E-state index is 0.103. The van der Waals surface area contributed by atoms with Gasteiger partial charge in [-0.2, -0.15) is 0 Å². The number of fused-ring (bicyclic) bond motifs is 1. The number of aryl methyl sites for hydroxylation is 1. The van der Waals surface area contributed by atoms with Gasteiger partial charge in [-0.25, -0.2) is 0 Å². The van der Waals surface area contributed by atoms with Crippen molar-refractivity contribution in [1.82, 2.24) is 9.88 Å². The number of hydrogen-bond donors (Lipinski definition) is 1. The van der Waals surface area contributed by atoms with E-state index in [0.717, 1.165) is 37.0 Å². The van der Waals surface area contributed by atoms with Crippen molar-refractivity contribution < 1.29 is 0 Å². The number of nitrogens with zero attached hydrogens (tertiary/aromatic N) is 1. The Morgan fingerprint density at radius 3 is 2.83 bits per heavy atom. The van der Waals surface area contributed by atoms with E-state index in [-0.39, 0.29) is 5.43 Å². The average molecular weight is 244 g/mol. The summed E-state index contributed by atoms with van der Waals surface area (Å²) in [4.78, 5) is 11.7. The van der Waals surface area contributed by atoms with Gasteiger partial charge < -0.3 is 9.88 Å². The molecule has 0 atom stereocenters. The molecule has 0 radical (unpaired) electrons. The summed E-state index contributed by atoms with van der Waals surface area (Å²) < 4.78 is 2.16. The van der Waals surface area contributed by atoms with Crippen molar-refractivity contribution in [3.63, 3.8) is 0 Å². The Morgan fingerprint density at radius 2 is 2.00 bits per heavy atom. The topological polar surface area (TPSA) is 34.0 Å². The summed E-state index contributed by atoms with van der Waals surface area (Å²) in [6.45, 7) is 5.21. The van der Waals surface area contributed by atoms with Gasteiger partial charge in [0.1, 0.15) is 0 Å². The lowest BCUT2D eigenvalue weighted by Crippen LogP contribution is -2.18. The lowest BCUT2D eigenvalue weighted by Gasteiger charge is -2.10. The van der Waals surface area contributed by atoms with Gasteiger partial charge in [0.2, 0.25) is 0 Å². The second kappa shape index (κ2) is 6.36. The first kappa shape index (κ1) is 12.8. The molecule has 1 heterocycles. The van der Waals surface area contributed by atoms with Crippen LogP contribution in [0.4, 0.5) is 0 Å². The number of nitrogens with one attached hydrogen (secondary N) is 1. The molecule has 1 aromatic heterocycles. The zero-order valence-electron chi connectivity index (χ0n) is 10.9. The normalized spacial score (nSPS) is 10.9. The van der Waals surface area contributed by atoms with Gasteiger partial charge in [0, 0.05) is 24.2 Å². The van der Waals surface area contributed by atoms with E-state index in [2.05, 4.69) is 16.8 Å². The van der Waals surface area contributed by atoms with Gasteiger partial charge in [-0.15, -0.1) is 0 Å². The average Bonchev–Trinajstić information content (AvgIpc) is 2.41. The summed E-state index contributed by atoms with van der Waals surface area (Å²) in [5, 5.41) is 4.20. The summed E-state index contributed by atoms with van der Waals surface area (Å²) in [7, 11) is 0. The second-order valence-corrected chi connectivity index (χ2v) is 4.49. The fraction of sp³-hybridized carbons (Fsp3) is 0.400. The van der Waals surface area contributed by atoms with Crippen molar-refractivity contribution >= 4 is 10.9 Å². The fourth-order valence-corrected chi connectivity index (χ4v) is 2.13. The summed E-state index contributed by atoms with van der Waals surface area (Å²) in [5.74, 6) is 0. The summed E-state index contributed by atoms with van der Waals surface area (Å²) in [6, 6.07) is 9.45. The van der Waals surface area contributed by atoms with E-state index >= 15 is 0 Å². The van der Waals surface area contributed by atoms with Crippen LogP contribution in [0.5, 0.6) is 0 Å². The highest BCUT2D eigenvalue weighted by Crippen LogP contribution is 2.09. The Bertz CT molecular complexity index is 560. The molecular weight excluding hydrogens is 224 g/mol. The predicted molar refractivity (Wildman–Crippen MR) is 76.0 cm³/mol. The van der Waals surface area contributed by atoms with Crippen molar-refractivity contribution in [1.29, 1.82) is 0 Å². The fourth-order valence-electron chi connectivity index (χ4n) is 2.13. The molecule has 0 amide bonds. The molecule has 2 rings (SSSR count). The van der Waals surface area contributed by atoms with Gasteiger partial charge in [-0.1, -0.05) is 19.1 Å². The van der Waals surface area contributed by atoms with Crippen molar-refractivity contribution in [2.24, 2.45) is 0 Å². The Hall–Kier alpha value is -1.61. The highest BCUT2D eigenvalue weighted by Gasteiger charge is 2.01. The summed E-state index contributed by atoms with van der Waals surface area (Å²) >= 11 is 0. The molecular formula is C15H20N2O. The Balaban J connectivity index is 2.09. The third-order valence-electron chi connectivity index (χ3n) is 3.06. The number of pyridine rings is 1. The number of aromatic nitrogens is 1. The zero-order valence-corrected chi connectivity index (χ0v) is 10.9. The van der Waals surface area contributed by atoms with E-state index in [0.29, 0.717) is 0 Å². The molecule has 1 aromatic carbocycles. The molecule has 0 spiro atoms. The van der Waals surface area contributed by atoms with Crippen molar-refractivity contribution in [3.8, 4) is 0 Å². The van der Waals surface area contributed by atoms with Crippen molar-refractivity contribution in [3.05, 3.63) is 46.8 Å². The smallest absolute Gasteiger partial charge is 0.189 e. The molecule has 2 aromatic rings. The molecule has 0 aliphatic carbocycles. The first-order valence-corrected chi connectivity index (χ1v) is 6.62. The summed E-state index contributed by atoms with van der Waals surface area (Å²) in [6.07, 6.45) is 4.14. The van der Waals surface area contributed by atoms with Crippen molar-refractivity contribution in [2.75, 3.05) is 13.1 Å². The van der Waals surface area contributed by atoms with Crippen LogP contribution in [-0.2, 0) is 6.54 Å². The van der Waals surface area contributed by atoms with Gasteiger partial charge in [0.25, 0.3) is 0 Å². The molecule has 0 saturated heterocycles. The quantitative estimate of drug-likeness (QED) is 0.792. The van der Waals surface area contributed by atoms with E-state index in [4.69, 9.17) is 0 Å². The molecule has 0 bridgehead atoms. The van der Waals surface area contributed by atoms with Gasteiger partial charge in [0.15, 0.2) is 5.43 Å². The number of para-hydroxylation sites is 1. The van der Waals surface area contributed by atoms with Crippen LogP contribution < -0.4 is 10.7 Å². The summed E-state index contributed by atoms with van der Waals surface area (Å²) in [5.41, 5.74) is 1.13. The Labute approximate surface area is 107 Å². The van der Waals surface area contributed by atoms with E-state index in [9.17, 15) is 4.79 Å². The highest BCUT2D eigenvalue weighted by atomic mass is 16.1. The van der Waals surface area contributed by atoms with Crippen LogP contribution in [0.2, 0.25) is 0 Å². The lowest BCUT2D eigenvalue weighted by atomic mass is 10.2. The SMILES string of the molecule is CCCNCCCn1ccc(=O)c2ccccc21. The molecule has 1 N–H and O–H groups in total. The number of hydrogen-bond acceptors (Lipinski definition) is 2. The monoisotopic (exact) mass is 244 g/mol. The second-order valence-electron chi connectivity index (χ2n) is 4.49. The van der Waals surface area contributed by atoms with Crippen LogP contribution in [0.3, 0.4) is 0 Å². The molecule has 0 aliphatic rings. The number of rotatable bonds is 6. The zero-order chi connectivity index (χ0) is 12.8. The molecule has 0 saturated carbocycles. The molecule has 0 unspecified atom stereocenters. The Morgan fingerprint density at radius 1 is 1.17 bits per heavy atom. The third-order valence-corrected chi connectivity index (χ3v) is 3.06. The number of benzene rings is 1.